The van der Waals surface area contributed by atoms with Crippen LogP contribution in [0.15, 0.2) is 97.2 Å². The molecule has 0 saturated heterocycles. The van der Waals surface area contributed by atoms with Gasteiger partial charge in [0.2, 0.25) is 0 Å². The number of unbranched alkanes of at least 4 members (excludes halogenated alkanes) is 19. The maximum atomic E-state index is 12.6. The summed E-state index contributed by atoms with van der Waals surface area (Å²) in [4.78, 5) is 37.4. The molecule has 0 rings (SSSR count). The van der Waals surface area contributed by atoms with Crippen molar-refractivity contribution in [2.75, 3.05) is 13.2 Å². The Bertz CT molecular complexity index is 1300. The number of hydrogen-bond acceptors (Lipinski definition) is 6. The van der Waals surface area contributed by atoms with Gasteiger partial charge in [-0.2, -0.15) is 0 Å². The molecule has 0 aromatic heterocycles. The lowest BCUT2D eigenvalue weighted by molar-refractivity contribution is -0.167. The van der Waals surface area contributed by atoms with Gasteiger partial charge in [0, 0.05) is 19.3 Å². The molecule has 64 heavy (non-hydrogen) atoms. The van der Waals surface area contributed by atoms with Crippen molar-refractivity contribution < 1.29 is 28.6 Å². The van der Waals surface area contributed by atoms with Crippen LogP contribution in [0.4, 0.5) is 0 Å². The second kappa shape index (κ2) is 52.0. The molecule has 0 bridgehead atoms. The van der Waals surface area contributed by atoms with Crippen LogP contribution >= 0.6 is 0 Å². The fourth-order valence-electron chi connectivity index (χ4n) is 6.93. The van der Waals surface area contributed by atoms with E-state index in [1.807, 2.05) is 0 Å². The van der Waals surface area contributed by atoms with Crippen LogP contribution in [0, 0.1) is 0 Å². The Morgan fingerprint density at radius 2 is 0.609 bits per heavy atom. The summed E-state index contributed by atoms with van der Waals surface area (Å²) >= 11 is 0. The second-order valence-corrected chi connectivity index (χ2v) is 17.1. The summed E-state index contributed by atoms with van der Waals surface area (Å²) < 4.78 is 16.6. The zero-order valence-corrected chi connectivity index (χ0v) is 41.5. The first kappa shape index (κ1) is 60.3. The molecule has 0 spiro atoms. The molecule has 0 fully saturated rings. The number of allylic oxidation sites excluding steroid dienone is 16. The summed E-state index contributed by atoms with van der Waals surface area (Å²) in [6, 6.07) is 0. The van der Waals surface area contributed by atoms with Crippen LogP contribution in [0.3, 0.4) is 0 Å². The molecule has 0 aromatic rings. The molecule has 0 radical (unpaired) electrons. The average Bonchev–Trinajstić information content (AvgIpc) is 3.29. The molecule has 1 unspecified atom stereocenters. The van der Waals surface area contributed by atoms with Crippen LogP contribution in [-0.2, 0) is 28.6 Å². The maximum Gasteiger partial charge on any atom is 0.306 e. The number of ether oxygens (including phenoxy) is 3. The van der Waals surface area contributed by atoms with Crippen LogP contribution in [-0.4, -0.2) is 37.2 Å². The van der Waals surface area contributed by atoms with Gasteiger partial charge >= 0.3 is 17.9 Å². The van der Waals surface area contributed by atoms with Crippen molar-refractivity contribution >= 4 is 17.9 Å². The monoisotopic (exact) mass is 889 g/mol. The van der Waals surface area contributed by atoms with E-state index in [1.54, 1.807) is 0 Å². The van der Waals surface area contributed by atoms with Crippen molar-refractivity contribution in [3.63, 3.8) is 0 Å². The molecule has 0 saturated carbocycles. The zero-order chi connectivity index (χ0) is 46.5. The van der Waals surface area contributed by atoms with Gasteiger partial charge < -0.3 is 14.2 Å². The lowest BCUT2D eigenvalue weighted by Crippen LogP contribution is -2.30. The summed E-state index contributed by atoms with van der Waals surface area (Å²) in [5.41, 5.74) is 0. The summed E-state index contributed by atoms with van der Waals surface area (Å²) in [6.07, 6.45) is 68.9. The van der Waals surface area contributed by atoms with E-state index in [-0.39, 0.29) is 31.1 Å². The van der Waals surface area contributed by atoms with E-state index in [4.69, 9.17) is 14.2 Å². The quantitative estimate of drug-likeness (QED) is 0.0262. The predicted molar refractivity (Wildman–Crippen MR) is 274 cm³/mol. The molecule has 0 amide bonds. The standard InChI is InChI=1S/C58H96O6/c1-4-7-10-13-15-17-18-19-20-21-22-23-24-25-26-27-28-29-30-31-32-33-34-35-36-37-38-39-40-41-43-45-48-51-57(60)63-54-55(53-62-56(59)50-47-44-12-9-6-3)64-58(61)52-49-46-42-16-14-11-8-5-2/h7,10,15,17,19-20,22-23,25-26,28-29,31-32,34-35,55H,4-6,8-9,11-14,16,18,21,24,27,30,33,36-54H2,1-3H3/b10-7-,17-15-,20-19-,23-22-,26-25-,29-28-,32-31-,35-34-. The Labute approximate surface area is 394 Å². The Morgan fingerprint density at radius 1 is 0.328 bits per heavy atom. The number of esters is 3. The topological polar surface area (TPSA) is 78.9 Å². The lowest BCUT2D eigenvalue weighted by Gasteiger charge is -2.18. The molecule has 0 aliphatic heterocycles. The van der Waals surface area contributed by atoms with E-state index in [0.717, 1.165) is 122 Å². The molecule has 6 nitrogen and oxygen atoms in total. The first-order chi connectivity index (χ1) is 31.5. The lowest BCUT2D eigenvalue weighted by atomic mass is 10.1. The first-order valence-corrected chi connectivity index (χ1v) is 26.2. The smallest absolute Gasteiger partial charge is 0.306 e. The maximum absolute atomic E-state index is 12.6. The minimum Gasteiger partial charge on any atom is -0.462 e. The van der Waals surface area contributed by atoms with Crippen LogP contribution in [0.5, 0.6) is 0 Å². The third-order valence-electron chi connectivity index (χ3n) is 10.9. The molecular weight excluding hydrogens is 793 g/mol. The SMILES string of the molecule is CC/C=C\C/C=C\C/C=C\C/C=C\C/C=C\C/C=C\C/C=C\C/C=C\CCCCCCCCCCC(=O)OCC(COC(=O)CCCCCCC)OC(=O)CCCCCCCCCC. The molecule has 1 atom stereocenters. The first-order valence-electron chi connectivity index (χ1n) is 26.2. The summed E-state index contributed by atoms with van der Waals surface area (Å²) in [6.45, 7) is 6.38. The largest absolute Gasteiger partial charge is 0.462 e. The Hall–Kier alpha value is -3.67. The summed E-state index contributed by atoms with van der Waals surface area (Å²) in [5.74, 6) is -0.911. The fraction of sp³-hybridized carbons (Fsp3) is 0.672. The number of rotatable bonds is 46. The van der Waals surface area contributed by atoms with Crippen LogP contribution < -0.4 is 0 Å². The minimum atomic E-state index is -0.772. The molecular formula is C58H96O6. The van der Waals surface area contributed by atoms with Crippen LogP contribution in [0.25, 0.3) is 0 Å². The van der Waals surface area contributed by atoms with E-state index in [2.05, 4.69) is 118 Å². The normalized spacial score (nSPS) is 12.9. The van der Waals surface area contributed by atoms with Gasteiger partial charge in [-0.15, -0.1) is 0 Å². The van der Waals surface area contributed by atoms with Crippen molar-refractivity contribution in [1.29, 1.82) is 0 Å². The predicted octanol–water partition coefficient (Wildman–Crippen LogP) is 17.4. The molecule has 0 aliphatic rings. The molecule has 364 valence electrons. The molecule has 0 aromatic carbocycles. The van der Waals surface area contributed by atoms with Gasteiger partial charge in [-0.05, 0) is 83.5 Å². The van der Waals surface area contributed by atoms with E-state index >= 15 is 0 Å². The molecule has 6 heteroatoms. The van der Waals surface area contributed by atoms with Gasteiger partial charge in [-0.3, -0.25) is 14.4 Å². The second-order valence-electron chi connectivity index (χ2n) is 17.1. The fourth-order valence-corrected chi connectivity index (χ4v) is 6.93. The summed E-state index contributed by atoms with van der Waals surface area (Å²) in [7, 11) is 0. The van der Waals surface area contributed by atoms with Gasteiger partial charge in [0.1, 0.15) is 13.2 Å². The van der Waals surface area contributed by atoms with Crippen LogP contribution in [0.1, 0.15) is 233 Å². The highest BCUT2D eigenvalue weighted by Crippen LogP contribution is 2.14. The Balaban J connectivity index is 3.99. The molecule has 0 N–H and O–H groups in total. The van der Waals surface area contributed by atoms with Crippen molar-refractivity contribution in [3.8, 4) is 0 Å². The Morgan fingerprint density at radius 3 is 0.953 bits per heavy atom. The van der Waals surface area contributed by atoms with E-state index in [1.165, 1.54) is 70.6 Å². The number of carbonyl (C=O) groups excluding carboxylic acids is 3. The van der Waals surface area contributed by atoms with Crippen molar-refractivity contribution in [3.05, 3.63) is 97.2 Å². The van der Waals surface area contributed by atoms with Gasteiger partial charge in [0.25, 0.3) is 0 Å². The third-order valence-corrected chi connectivity index (χ3v) is 10.9. The van der Waals surface area contributed by atoms with E-state index < -0.39 is 6.10 Å². The van der Waals surface area contributed by atoms with Crippen molar-refractivity contribution in [2.45, 2.75) is 239 Å². The van der Waals surface area contributed by atoms with Crippen molar-refractivity contribution in [2.24, 2.45) is 0 Å². The van der Waals surface area contributed by atoms with Gasteiger partial charge in [-0.25, -0.2) is 0 Å². The Kier molecular flexibility index (Phi) is 49.0. The third kappa shape index (κ3) is 49.3. The van der Waals surface area contributed by atoms with E-state index in [9.17, 15) is 14.4 Å². The highest BCUT2D eigenvalue weighted by atomic mass is 16.6. The molecule has 0 aliphatic carbocycles. The minimum absolute atomic E-state index is 0.0792. The average molecular weight is 889 g/mol. The number of hydrogen-bond donors (Lipinski definition) is 0. The highest BCUT2D eigenvalue weighted by Gasteiger charge is 2.19. The number of carbonyl (C=O) groups is 3. The van der Waals surface area contributed by atoms with E-state index in [0.29, 0.717) is 19.3 Å². The highest BCUT2D eigenvalue weighted by molar-refractivity contribution is 5.71. The molecule has 0 heterocycles. The zero-order valence-electron chi connectivity index (χ0n) is 41.5. The van der Waals surface area contributed by atoms with Gasteiger partial charge in [-0.1, -0.05) is 227 Å². The van der Waals surface area contributed by atoms with Gasteiger partial charge in [0.05, 0.1) is 0 Å². The van der Waals surface area contributed by atoms with Gasteiger partial charge in [0.15, 0.2) is 6.10 Å². The summed E-state index contributed by atoms with van der Waals surface area (Å²) in [5, 5.41) is 0. The van der Waals surface area contributed by atoms with Crippen molar-refractivity contribution in [1.82, 2.24) is 0 Å². The van der Waals surface area contributed by atoms with Crippen LogP contribution in [0.2, 0.25) is 0 Å².